The van der Waals surface area contributed by atoms with E-state index in [9.17, 15) is 9.59 Å². The van der Waals surface area contributed by atoms with Crippen LogP contribution in [0.1, 0.15) is 27.7 Å². The van der Waals surface area contributed by atoms with Crippen molar-refractivity contribution in [1.82, 2.24) is 5.32 Å². The van der Waals surface area contributed by atoms with Crippen molar-refractivity contribution < 1.29 is 23.5 Å². The third kappa shape index (κ3) is 9.60. The Bertz CT molecular complexity index is 643. The van der Waals surface area contributed by atoms with Gasteiger partial charge in [-0.2, -0.15) is 0 Å². The SMILES string of the molecule is CC(OC(=O)OCC(Cl)(Cl)Cl)[C@@H]1C(=O)N[C@@H]1SC(=S)SCCO[Si](C)(C)C(C)(C)C. The van der Waals surface area contributed by atoms with Crippen LogP contribution in [0, 0.1) is 5.92 Å². The van der Waals surface area contributed by atoms with Crippen molar-refractivity contribution in [3.8, 4) is 0 Å². The highest BCUT2D eigenvalue weighted by atomic mass is 35.6. The van der Waals surface area contributed by atoms with Crippen LogP contribution in [-0.4, -0.2) is 58.1 Å². The fourth-order valence-electron chi connectivity index (χ4n) is 2.11. The van der Waals surface area contributed by atoms with E-state index in [1.807, 2.05) is 0 Å². The lowest BCUT2D eigenvalue weighted by atomic mass is 9.96. The summed E-state index contributed by atoms with van der Waals surface area (Å²) in [6, 6.07) is 0. The Morgan fingerprint density at radius 1 is 1.30 bits per heavy atom. The number of thiocarbonyl (C=S) groups is 1. The average Bonchev–Trinajstić information content (AvgIpc) is 2.54. The highest BCUT2D eigenvalue weighted by Gasteiger charge is 2.46. The van der Waals surface area contributed by atoms with E-state index in [2.05, 4.69) is 39.2 Å². The molecule has 30 heavy (non-hydrogen) atoms. The van der Waals surface area contributed by atoms with Crippen molar-refractivity contribution >= 4 is 94.5 Å². The molecule has 1 saturated heterocycles. The van der Waals surface area contributed by atoms with Crippen LogP contribution < -0.4 is 5.32 Å². The topological polar surface area (TPSA) is 73.9 Å². The quantitative estimate of drug-likeness (QED) is 0.101. The molecule has 1 heterocycles. The first-order chi connectivity index (χ1) is 13.5. The summed E-state index contributed by atoms with van der Waals surface area (Å²) in [5, 5.41) is 2.65. The second kappa shape index (κ2) is 11.6. The van der Waals surface area contributed by atoms with Crippen LogP contribution in [0.5, 0.6) is 0 Å². The number of hydrogen-bond acceptors (Lipinski definition) is 8. The predicted octanol–water partition coefficient (Wildman–Crippen LogP) is 5.74. The van der Waals surface area contributed by atoms with Gasteiger partial charge in [0.2, 0.25) is 9.70 Å². The molecule has 1 unspecified atom stereocenters. The average molecular weight is 557 g/mol. The number of β-lactam (4-membered cyclic amide) rings is 1. The fraction of sp³-hybridized carbons (Fsp3) is 0.824. The molecule has 0 radical (unpaired) electrons. The summed E-state index contributed by atoms with van der Waals surface area (Å²) in [5.74, 6) is -0.0281. The van der Waals surface area contributed by atoms with Gasteiger partial charge in [-0.3, -0.25) is 4.79 Å². The van der Waals surface area contributed by atoms with Crippen LogP contribution in [0.3, 0.4) is 0 Å². The zero-order chi connectivity index (χ0) is 23.3. The van der Waals surface area contributed by atoms with Crippen LogP contribution in [0.2, 0.25) is 18.1 Å². The third-order valence-corrected chi connectivity index (χ3v) is 12.5. The molecule has 174 valence electrons. The molecule has 0 bridgehead atoms. The summed E-state index contributed by atoms with van der Waals surface area (Å²) < 4.78 is 14.9. The molecule has 1 fully saturated rings. The van der Waals surface area contributed by atoms with Gasteiger partial charge in [0.1, 0.15) is 22.2 Å². The minimum Gasteiger partial charge on any atom is -0.430 e. The highest BCUT2D eigenvalue weighted by molar-refractivity contribution is 8.47. The molecule has 0 aromatic heterocycles. The smallest absolute Gasteiger partial charge is 0.430 e. The van der Waals surface area contributed by atoms with Crippen molar-refractivity contribution in [1.29, 1.82) is 0 Å². The molecule has 1 N–H and O–H groups in total. The monoisotopic (exact) mass is 555 g/mol. The van der Waals surface area contributed by atoms with Gasteiger partial charge in [0.25, 0.3) is 0 Å². The van der Waals surface area contributed by atoms with E-state index in [0.717, 1.165) is 5.75 Å². The summed E-state index contributed by atoms with van der Waals surface area (Å²) in [6.45, 7) is 12.8. The molecule has 1 amide bonds. The normalized spacial score (nSPS) is 20.8. The van der Waals surface area contributed by atoms with E-state index in [0.29, 0.717) is 10.1 Å². The van der Waals surface area contributed by atoms with E-state index in [1.54, 1.807) is 6.92 Å². The summed E-state index contributed by atoms with van der Waals surface area (Å²) >= 11 is 24.9. The molecular weight excluding hydrogens is 529 g/mol. The lowest BCUT2D eigenvalue weighted by Crippen LogP contribution is -2.61. The zero-order valence-corrected chi connectivity index (χ0v) is 23.5. The number of rotatable bonds is 8. The van der Waals surface area contributed by atoms with Gasteiger partial charge in [-0.25, -0.2) is 4.79 Å². The molecule has 0 spiro atoms. The minimum atomic E-state index is -1.78. The molecule has 0 aliphatic carbocycles. The number of halogens is 3. The van der Waals surface area contributed by atoms with Crippen LogP contribution in [0.25, 0.3) is 0 Å². The molecule has 1 rings (SSSR count). The Balaban J connectivity index is 2.40. The van der Waals surface area contributed by atoms with Gasteiger partial charge in [-0.1, -0.05) is 79.6 Å². The number of ether oxygens (including phenoxy) is 2. The molecule has 0 aromatic rings. The summed E-state index contributed by atoms with van der Waals surface area (Å²) in [7, 11) is -1.78. The van der Waals surface area contributed by atoms with Gasteiger partial charge in [0, 0.05) is 12.4 Å². The lowest BCUT2D eigenvalue weighted by Gasteiger charge is -2.38. The summed E-state index contributed by atoms with van der Waals surface area (Å²) in [5.41, 5.74) is 0. The maximum atomic E-state index is 11.9. The Kier molecular flexibility index (Phi) is 11.1. The zero-order valence-electron chi connectivity index (χ0n) is 17.8. The van der Waals surface area contributed by atoms with E-state index >= 15 is 0 Å². The van der Waals surface area contributed by atoms with Gasteiger partial charge in [0.15, 0.2) is 8.32 Å². The number of amides is 1. The van der Waals surface area contributed by atoms with Crippen molar-refractivity contribution in [2.45, 2.75) is 61.1 Å². The summed E-state index contributed by atoms with van der Waals surface area (Å²) in [4.78, 5) is 23.6. The Morgan fingerprint density at radius 2 is 1.90 bits per heavy atom. The van der Waals surface area contributed by atoms with Crippen molar-refractivity contribution in [2.24, 2.45) is 5.92 Å². The molecule has 1 aliphatic heterocycles. The molecule has 3 atom stereocenters. The Morgan fingerprint density at radius 3 is 2.40 bits per heavy atom. The van der Waals surface area contributed by atoms with Crippen LogP contribution in [0.4, 0.5) is 4.79 Å². The molecule has 6 nitrogen and oxygen atoms in total. The molecule has 0 saturated carbocycles. The van der Waals surface area contributed by atoms with Crippen LogP contribution in [0.15, 0.2) is 0 Å². The highest BCUT2D eigenvalue weighted by Crippen LogP contribution is 2.37. The van der Waals surface area contributed by atoms with Gasteiger partial charge in [-0.05, 0) is 25.1 Å². The van der Waals surface area contributed by atoms with Gasteiger partial charge >= 0.3 is 6.16 Å². The molecule has 0 aromatic carbocycles. The minimum absolute atomic E-state index is 0.159. The summed E-state index contributed by atoms with van der Waals surface area (Å²) in [6.07, 6.45) is -1.72. The van der Waals surface area contributed by atoms with E-state index in [1.165, 1.54) is 23.5 Å². The molecule has 1 aliphatic rings. The number of thioether (sulfide) groups is 2. The van der Waals surface area contributed by atoms with Crippen molar-refractivity contribution in [3.05, 3.63) is 0 Å². The van der Waals surface area contributed by atoms with E-state index in [4.69, 9.17) is 60.9 Å². The van der Waals surface area contributed by atoms with Crippen molar-refractivity contribution in [3.63, 3.8) is 0 Å². The molecular formula is C17H28Cl3NO5S3Si. The largest absolute Gasteiger partial charge is 0.508 e. The predicted molar refractivity (Wildman–Crippen MR) is 133 cm³/mol. The number of alkyl halides is 3. The first kappa shape index (κ1) is 28.6. The van der Waals surface area contributed by atoms with E-state index in [-0.39, 0.29) is 16.3 Å². The third-order valence-electron chi connectivity index (χ3n) is 4.85. The fourth-order valence-corrected chi connectivity index (χ4v) is 6.06. The second-order valence-corrected chi connectivity index (χ2v) is 19.0. The number of nitrogens with one attached hydrogen (secondary N) is 1. The first-order valence-electron chi connectivity index (χ1n) is 9.21. The first-order valence-corrected chi connectivity index (χ1v) is 15.5. The van der Waals surface area contributed by atoms with Crippen LogP contribution in [-0.2, 0) is 18.7 Å². The Labute approximate surface area is 208 Å². The van der Waals surface area contributed by atoms with Crippen molar-refractivity contribution in [2.75, 3.05) is 19.0 Å². The second-order valence-electron chi connectivity index (χ2n) is 8.26. The maximum absolute atomic E-state index is 11.9. The number of carbonyl (C=O) groups excluding carboxylic acids is 2. The van der Waals surface area contributed by atoms with Gasteiger partial charge in [-0.15, -0.1) is 11.8 Å². The van der Waals surface area contributed by atoms with E-state index < -0.39 is 36.9 Å². The van der Waals surface area contributed by atoms with Gasteiger partial charge in [0.05, 0.1) is 5.37 Å². The number of carbonyl (C=O) groups is 2. The maximum Gasteiger partial charge on any atom is 0.508 e. The van der Waals surface area contributed by atoms with Gasteiger partial charge < -0.3 is 19.2 Å². The lowest BCUT2D eigenvalue weighted by molar-refractivity contribution is -0.137. The standard InChI is InChI=1S/C17H28Cl3NO5S3Si/c1-10(26-14(23)24-9-17(18,19)20)11-12(22)21-13(11)29-15(27)28-8-7-25-30(5,6)16(2,3)4/h10-11,13H,7-9H2,1-6H3,(H,21,22)/t10?,11-,13-/m1/s1. The number of hydrogen-bond donors (Lipinski definition) is 1. The van der Waals surface area contributed by atoms with Crippen LogP contribution >= 0.6 is 70.5 Å². The Hall–Kier alpha value is 0.577. The molecule has 13 heteroatoms.